The lowest BCUT2D eigenvalue weighted by atomic mass is 9.93. The van der Waals surface area contributed by atoms with E-state index in [9.17, 15) is 9.59 Å². The van der Waals surface area contributed by atoms with Crippen LogP contribution in [0.3, 0.4) is 0 Å². The van der Waals surface area contributed by atoms with Crippen molar-refractivity contribution in [1.82, 2.24) is 0 Å². The first-order chi connectivity index (χ1) is 9.67. The van der Waals surface area contributed by atoms with E-state index >= 15 is 0 Å². The van der Waals surface area contributed by atoms with Gasteiger partial charge in [-0.2, -0.15) is 0 Å². The average molecular weight is 270 g/mol. The molecule has 0 aromatic heterocycles. The van der Waals surface area contributed by atoms with Gasteiger partial charge in [0.2, 0.25) is 0 Å². The van der Waals surface area contributed by atoms with Gasteiger partial charge in [-0.3, -0.25) is 9.59 Å². The highest BCUT2D eigenvalue weighted by Gasteiger charge is 2.22. The fourth-order valence-corrected chi connectivity index (χ4v) is 2.36. The summed E-state index contributed by atoms with van der Waals surface area (Å²) in [6.45, 7) is 1.89. The van der Waals surface area contributed by atoms with Crippen molar-refractivity contribution in [3.63, 3.8) is 0 Å². The Morgan fingerprint density at radius 3 is 2.50 bits per heavy atom. The lowest BCUT2D eigenvalue weighted by Gasteiger charge is -2.12. The Bertz CT molecular complexity index is 626. The van der Waals surface area contributed by atoms with Crippen LogP contribution in [0.25, 0.3) is 10.8 Å². The molecule has 1 unspecified atom stereocenters. The van der Waals surface area contributed by atoms with E-state index in [-0.39, 0.29) is 24.1 Å². The first kappa shape index (κ1) is 14.3. The van der Waals surface area contributed by atoms with Gasteiger partial charge in [0.05, 0.1) is 13.0 Å². The molecule has 0 aliphatic rings. The van der Waals surface area contributed by atoms with E-state index in [0.29, 0.717) is 12.0 Å². The molecule has 0 saturated heterocycles. The monoisotopic (exact) mass is 270 g/mol. The molecular weight excluding hydrogens is 252 g/mol. The molecule has 0 fully saturated rings. The number of Topliss-reactive ketones (excluding diaryl/α,β-unsaturated/α-hetero) is 1. The maximum absolute atomic E-state index is 12.4. The zero-order chi connectivity index (χ0) is 14.5. The summed E-state index contributed by atoms with van der Waals surface area (Å²) in [6.07, 6.45) is 0.792. The minimum Gasteiger partial charge on any atom is -0.469 e. The fourth-order valence-electron chi connectivity index (χ4n) is 2.36. The molecule has 0 amide bonds. The topological polar surface area (TPSA) is 43.4 Å². The molecule has 0 N–H and O–H groups in total. The molecular formula is C17H18O3. The van der Waals surface area contributed by atoms with Crippen LogP contribution in [0, 0.1) is 5.92 Å². The molecule has 0 aliphatic carbocycles. The standard InChI is InChI=1S/C17H18O3/c1-3-12(17(19)20-2)11-16(18)15-10-6-8-13-7-4-5-9-14(13)15/h4-10,12H,3,11H2,1-2H3. The Labute approximate surface area is 118 Å². The van der Waals surface area contributed by atoms with Crippen molar-refractivity contribution < 1.29 is 14.3 Å². The lowest BCUT2D eigenvalue weighted by molar-refractivity contribution is -0.145. The van der Waals surface area contributed by atoms with Gasteiger partial charge in [-0.25, -0.2) is 0 Å². The van der Waals surface area contributed by atoms with Crippen LogP contribution in [-0.2, 0) is 9.53 Å². The van der Waals surface area contributed by atoms with E-state index in [1.54, 1.807) is 0 Å². The molecule has 104 valence electrons. The third kappa shape index (κ3) is 2.87. The summed E-state index contributed by atoms with van der Waals surface area (Å²) >= 11 is 0. The Hall–Kier alpha value is -2.16. The van der Waals surface area contributed by atoms with Crippen molar-refractivity contribution in [3.8, 4) is 0 Å². The van der Waals surface area contributed by atoms with E-state index in [2.05, 4.69) is 0 Å². The van der Waals surface area contributed by atoms with Gasteiger partial charge in [-0.1, -0.05) is 49.4 Å². The second-order valence-electron chi connectivity index (χ2n) is 4.78. The largest absolute Gasteiger partial charge is 0.469 e. The SMILES string of the molecule is CCC(CC(=O)c1cccc2ccccc12)C(=O)OC. The van der Waals surface area contributed by atoms with Crippen molar-refractivity contribution in [2.75, 3.05) is 7.11 Å². The third-order valence-corrected chi connectivity index (χ3v) is 3.55. The van der Waals surface area contributed by atoms with Crippen molar-refractivity contribution in [2.45, 2.75) is 19.8 Å². The highest BCUT2D eigenvalue weighted by molar-refractivity contribution is 6.08. The summed E-state index contributed by atoms with van der Waals surface area (Å²) in [5.74, 6) is -0.702. The van der Waals surface area contributed by atoms with Gasteiger partial charge in [0.1, 0.15) is 0 Å². The number of ketones is 1. The molecule has 0 saturated carbocycles. The number of hydrogen-bond donors (Lipinski definition) is 0. The van der Waals surface area contributed by atoms with Crippen molar-refractivity contribution in [3.05, 3.63) is 48.0 Å². The van der Waals surface area contributed by atoms with Crippen molar-refractivity contribution in [1.29, 1.82) is 0 Å². The zero-order valence-electron chi connectivity index (χ0n) is 11.8. The molecule has 0 spiro atoms. The quantitative estimate of drug-likeness (QED) is 0.615. The summed E-state index contributed by atoms with van der Waals surface area (Å²) in [7, 11) is 1.35. The molecule has 20 heavy (non-hydrogen) atoms. The minimum absolute atomic E-state index is 0.0148. The normalized spacial score (nSPS) is 12.1. The van der Waals surface area contributed by atoms with Gasteiger partial charge in [-0.05, 0) is 17.2 Å². The second kappa shape index (κ2) is 6.33. The van der Waals surface area contributed by atoms with E-state index in [1.807, 2.05) is 49.4 Å². The molecule has 3 heteroatoms. The number of carbonyl (C=O) groups excluding carboxylic acids is 2. The number of rotatable bonds is 5. The van der Waals surface area contributed by atoms with Gasteiger partial charge in [0, 0.05) is 12.0 Å². The van der Waals surface area contributed by atoms with Gasteiger partial charge < -0.3 is 4.74 Å². The molecule has 3 nitrogen and oxygen atoms in total. The maximum atomic E-state index is 12.4. The predicted octanol–water partition coefficient (Wildman–Crippen LogP) is 3.61. The Kier molecular flexibility index (Phi) is 4.51. The van der Waals surface area contributed by atoms with Crippen LogP contribution in [-0.4, -0.2) is 18.9 Å². The van der Waals surface area contributed by atoms with E-state index in [4.69, 9.17) is 4.74 Å². The van der Waals surface area contributed by atoms with Gasteiger partial charge >= 0.3 is 5.97 Å². The van der Waals surface area contributed by atoms with Crippen molar-refractivity contribution >= 4 is 22.5 Å². The van der Waals surface area contributed by atoms with Crippen LogP contribution in [0.1, 0.15) is 30.1 Å². The Morgan fingerprint density at radius 1 is 1.10 bits per heavy atom. The third-order valence-electron chi connectivity index (χ3n) is 3.55. The van der Waals surface area contributed by atoms with Crippen molar-refractivity contribution in [2.24, 2.45) is 5.92 Å². The number of methoxy groups -OCH3 is 1. The van der Waals surface area contributed by atoms with E-state index < -0.39 is 0 Å². The Balaban J connectivity index is 2.30. The number of fused-ring (bicyclic) bond motifs is 1. The van der Waals surface area contributed by atoms with Gasteiger partial charge in [0.25, 0.3) is 0 Å². The summed E-state index contributed by atoms with van der Waals surface area (Å²) < 4.78 is 4.74. The number of carbonyl (C=O) groups is 2. The molecule has 1 atom stereocenters. The second-order valence-corrected chi connectivity index (χ2v) is 4.78. The van der Waals surface area contributed by atoms with Crippen LogP contribution in [0.4, 0.5) is 0 Å². The first-order valence-corrected chi connectivity index (χ1v) is 6.76. The van der Waals surface area contributed by atoms with Crippen LogP contribution in [0.15, 0.2) is 42.5 Å². The fraction of sp³-hybridized carbons (Fsp3) is 0.294. The summed E-state index contributed by atoms with van der Waals surface area (Å²) in [5, 5.41) is 1.96. The smallest absolute Gasteiger partial charge is 0.309 e. The summed E-state index contributed by atoms with van der Waals surface area (Å²) in [4.78, 5) is 24.0. The Morgan fingerprint density at radius 2 is 1.80 bits per heavy atom. The highest BCUT2D eigenvalue weighted by Crippen LogP contribution is 2.22. The number of benzene rings is 2. The molecule has 2 aromatic carbocycles. The molecule has 0 heterocycles. The van der Waals surface area contributed by atoms with Crippen LogP contribution in [0.2, 0.25) is 0 Å². The van der Waals surface area contributed by atoms with Crippen LogP contribution < -0.4 is 0 Å². The zero-order valence-corrected chi connectivity index (χ0v) is 11.8. The molecule has 0 radical (unpaired) electrons. The van der Waals surface area contributed by atoms with E-state index in [1.165, 1.54) is 7.11 Å². The van der Waals surface area contributed by atoms with Gasteiger partial charge in [-0.15, -0.1) is 0 Å². The molecule has 2 aromatic rings. The number of hydrogen-bond acceptors (Lipinski definition) is 3. The first-order valence-electron chi connectivity index (χ1n) is 6.76. The minimum atomic E-state index is -0.369. The predicted molar refractivity (Wildman–Crippen MR) is 78.7 cm³/mol. The number of ether oxygens (including phenoxy) is 1. The summed E-state index contributed by atoms with van der Waals surface area (Å²) in [6, 6.07) is 13.4. The maximum Gasteiger partial charge on any atom is 0.309 e. The van der Waals surface area contributed by atoms with Gasteiger partial charge in [0.15, 0.2) is 5.78 Å². The molecule has 0 aliphatic heterocycles. The lowest BCUT2D eigenvalue weighted by Crippen LogP contribution is -2.19. The van der Waals surface area contributed by atoms with E-state index in [0.717, 1.165) is 10.8 Å². The average Bonchev–Trinajstić information content (AvgIpc) is 2.51. The molecule has 0 bridgehead atoms. The summed E-state index contributed by atoms with van der Waals surface area (Å²) in [5.41, 5.74) is 0.672. The van der Waals surface area contributed by atoms with Crippen LogP contribution >= 0.6 is 0 Å². The van der Waals surface area contributed by atoms with Crippen LogP contribution in [0.5, 0.6) is 0 Å². The number of esters is 1. The highest BCUT2D eigenvalue weighted by atomic mass is 16.5. The molecule has 2 rings (SSSR count).